The van der Waals surface area contributed by atoms with Crippen molar-refractivity contribution in [2.45, 2.75) is 51.6 Å². The van der Waals surface area contributed by atoms with Crippen molar-refractivity contribution >= 4 is 18.0 Å². The molecule has 1 unspecified atom stereocenters. The molecule has 17 heavy (non-hydrogen) atoms. The van der Waals surface area contributed by atoms with Crippen LogP contribution in [0.1, 0.15) is 45.4 Å². The Morgan fingerprint density at radius 3 is 2.94 bits per heavy atom. The molecular weight excluding hydrogens is 220 g/mol. The highest BCUT2D eigenvalue weighted by atomic mass is 16.5. The largest absolute Gasteiger partial charge is 0.458 e. The van der Waals surface area contributed by atoms with E-state index >= 15 is 0 Å². The molecule has 1 aliphatic carbocycles. The fourth-order valence-corrected chi connectivity index (χ4v) is 1.95. The highest BCUT2D eigenvalue weighted by Gasteiger charge is 2.24. The maximum absolute atomic E-state index is 11.9. The monoisotopic (exact) mass is 238 g/mol. The lowest BCUT2D eigenvalue weighted by atomic mass is 9.99. The Labute approximate surface area is 101 Å². The fraction of sp³-hybridized carbons (Fsp3) is 0.615. The molecular formula is C13H18O4. The van der Waals surface area contributed by atoms with Gasteiger partial charge in [0.15, 0.2) is 5.78 Å². The molecule has 0 bridgehead atoms. The van der Waals surface area contributed by atoms with E-state index < -0.39 is 12.1 Å². The predicted molar refractivity (Wildman–Crippen MR) is 62.4 cm³/mol. The molecule has 0 saturated heterocycles. The molecule has 0 aliphatic heterocycles. The first-order valence-corrected chi connectivity index (χ1v) is 5.99. The number of Topliss-reactive ketones (excluding diaryl/α,β-unsaturated/α-hetero) is 1. The number of ketones is 1. The number of hydrogen-bond donors (Lipinski definition) is 0. The molecule has 0 heterocycles. The van der Waals surface area contributed by atoms with Crippen LogP contribution in [0, 0.1) is 0 Å². The lowest BCUT2D eigenvalue weighted by molar-refractivity contribution is -0.145. The summed E-state index contributed by atoms with van der Waals surface area (Å²) in [5, 5.41) is 0. The van der Waals surface area contributed by atoms with Crippen molar-refractivity contribution in [1.29, 1.82) is 0 Å². The third-order valence-corrected chi connectivity index (χ3v) is 2.75. The average molecular weight is 238 g/mol. The number of ether oxygens (including phenoxy) is 1. The van der Waals surface area contributed by atoms with Crippen molar-refractivity contribution < 1.29 is 19.1 Å². The van der Waals surface area contributed by atoms with Gasteiger partial charge in [-0.2, -0.15) is 0 Å². The zero-order chi connectivity index (χ0) is 12.7. The minimum Gasteiger partial charge on any atom is -0.458 e. The molecule has 0 aromatic rings. The summed E-state index contributed by atoms with van der Waals surface area (Å²) in [5.41, 5.74) is 0.569. The molecule has 1 rings (SSSR count). The van der Waals surface area contributed by atoms with Crippen molar-refractivity contribution in [3.63, 3.8) is 0 Å². The normalized spacial score (nSPS) is 17.9. The third-order valence-electron chi connectivity index (χ3n) is 2.75. The SMILES string of the molecule is CC(=O)OC(CCC=O)C1=CCCCCC1=O. The molecule has 0 radical (unpaired) electrons. The first kappa shape index (κ1) is 13.6. The predicted octanol–water partition coefficient (Wildman–Crippen LogP) is 1.97. The van der Waals surface area contributed by atoms with Gasteiger partial charge in [0.25, 0.3) is 0 Å². The number of aldehydes is 1. The quantitative estimate of drug-likeness (QED) is 0.542. The number of carbonyl (C=O) groups excluding carboxylic acids is 3. The number of esters is 1. The Bertz CT molecular complexity index is 330. The standard InChI is InChI=1S/C13H18O4/c1-10(15)17-13(8-5-9-14)11-6-3-2-4-7-12(11)16/h6,9,13H,2-5,7-8H2,1H3. The van der Waals surface area contributed by atoms with E-state index in [1.165, 1.54) is 6.92 Å². The average Bonchev–Trinajstić information content (AvgIpc) is 2.49. The van der Waals surface area contributed by atoms with Gasteiger partial charge in [0, 0.05) is 25.3 Å². The van der Waals surface area contributed by atoms with Crippen LogP contribution in [0.5, 0.6) is 0 Å². The first-order valence-electron chi connectivity index (χ1n) is 5.99. The highest BCUT2D eigenvalue weighted by Crippen LogP contribution is 2.21. The molecule has 0 aromatic heterocycles. The van der Waals surface area contributed by atoms with Gasteiger partial charge in [-0.1, -0.05) is 6.08 Å². The second-order valence-electron chi connectivity index (χ2n) is 4.17. The zero-order valence-electron chi connectivity index (χ0n) is 10.1. The molecule has 4 nitrogen and oxygen atoms in total. The van der Waals surface area contributed by atoms with Gasteiger partial charge in [-0.05, 0) is 25.7 Å². The van der Waals surface area contributed by atoms with E-state index in [-0.39, 0.29) is 5.78 Å². The third kappa shape index (κ3) is 4.51. The summed E-state index contributed by atoms with van der Waals surface area (Å²) in [4.78, 5) is 33.2. The number of carbonyl (C=O) groups is 3. The maximum atomic E-state index is 11.9. The van der Waals surface area contributed by atoms with E-state index in [1.54, 1.807) is 0 Å². The van der Waals surface area contributed by atoms with E-state index in [9.17, 15) is 14.4 Å². The van der Waals surface area contributed by atoms with Crippen LogP contribution in [-0.4, -0.2) is 24.1 Å². The summed E-state index contributed by atoms with van der Waals surface area (Å²) in [7, 11) is 0. The molecule has 0 N–H and O–H groups in total. The molecule has 0 aromatic carbocycles. The van der Waals surface area contributed by atoms with Crippen LogP contribution in [-0.2, 0) is 19.1 Å². The summed E-state index contributed by atoms with van der Waals surface area (Å²) < 4.78 is 5.13. The Balaban J connectivity index is 2.77. The lowest BCUT2D eigenvalue weighted by Crippen LogP contribution is -2.23. The summed E-state index contributed by atoms with van der Waals surface area (Å²) in [6.45, 7) is 1.32. The summed E-state index contributed by atoms with van der Waals surface area (Å²) >= 11 is 0. The Hall–Kier alpha value is -1.45. The van der Waals surface area contributed by atoms with Gasteiger partial charge >= 0.3 is 5.97 Å². The van der Waals surface area contributed by atoms with E-state index in [0.29, 0.717) is 24.8 Å². The second kappa shape index (κ2) is 6.99. The van der Waals surface area contributed by atoms with Crippen LogP contribution in [0.25, 0.3) is 0 Å². The second-order valence-corrected chi connectivity index (χ2v) is 4.17. The van der Waals surface area contributed by atoms with Gasteiger partial charge in [0.1, 0.15) is 12.4 Å². The molecule has 0 saturated carbocycles. The summed E-state index contributed by atoms with van der Waals surface area (Å²) in [6.07, 6.45) is 5.96. The van der Waals surface area contributed by atoms with E-state index in [2.05, 4.69) is 0 Å². The topological polar surface area (TPSA) is 60.4 Å². The molecule has 0 spiro atoms. The molecule has 0 fully saturated rings. The van der Waals surface area contributed by atoms with Crippen LogP contribution in [0.3, 0.4) is 0 Å². The summed E-state index contributed by atoms with van der Waals surface area (Å²) in [6, 6.07) is 0. The number of hydrogen-bond acceptors (Lipinski definition) is 4. The van der Waals surface area contributed by atoms with Gasteiger partial charge in [-0.3, -0.25) is 9.59 Å². The van der Waals surface area contributed by atoms with Crippen molar-refractivity contribution in [1.82, 2.24) is 0 Å². The Kier molecular flexibility index (Phi) is 5.60. The van der Waals surface area contributed by atoms with E-state index in [4.69, 9.17) is 4.74 Å². The van der Waals surface area contributed by atoms with Crippen LogP contribution in [0.15, 0.2) is 11.6 Å². The first-order chi connectivity index (χ1) is 8.15. The molecule has 1 atom stereocenters. The number of rotatable bonds is 5. The van der Waals surface area contributed by atoms with Gasteiger partial charge < -0.3 is 9.53 Å². The lowest BCUT2D eigenvalue weighted by Gasteiger charge is -2.18. The van der Waals surface area contributed by atoms with Gasteiger partial charge in [-0.25, -0.2) is 0 Å². The maximum Gasteiger partial charge on any atom is 0.303 e. The van der Waals surface area contributed by atoms with Crippen molar-refractivity contribution in [2.24, 2.45) is 0 Å². The highest BCUT2D eigenvalue weighted by molar-refractivity contribution is 5.96. The summed E-state index contributed by atoms with van der Waals surface area (Å²) in [5.74, 6) is -0.376. The van der Waals surface area contributed by atoms with E-state index in [0.717, 1.165) is 25.5 Å². The van der Waals surface area contributed by atoms with Gasteiger partial charge in [0.2, 0.25) is 0 Å². The van der Waals surface area contributed by atoms with Crippen molar-refractivity contribution in [3.8, 4) is 0 Å². The number of allylic oxidation sites excluding steroid dienone is 1. The van der Waals surface area contributed by atoms with Crippen molar-refractivity contribution in [3.05, 3.63) is 11.6 Å². The molecule has 0 amide bonds. The Morgan fingerprint density at radius 2 is 2.29 bits per heavy atom. The van der Waals surface area contributed by atoms with Crippen LogP contribution in [0.4, 0.5) is 0 Å². The Morgan fingerprint density at radius 1 is 1.53 bits per heavy atom. The van der Waals surface area contributed by atoms with Crippen LogP contribution >= 0.6 is 0 Å². The van der Waals surface area contributed by atoms with Crippen LogP contribution < -0.4 is 0 Å². The minimum absolute atomic E-state index is 0.0413. The van der Waals surface area contributed by atoms with E-state index in [1.807, 2.05) is 6.08 Å². The minimum atomic E-state index is -0.553. The zero-order valence-corrected chi connectivity index (χ0v) is 10.1. The molecule has 4 heteroatoms. The van der Waals surface area contributed by atoms with Crippen LogP contribution in [0.2, 0.25) is 0 Å². The smallest absolute Gasteiger partial charge is 0.303 e. The van der Waals surface area contributed by atoms with Gasteiger partial charge in [0.05, 0.1) is 0 Å². The molecule has 94 valence electrons. The fourth-order valence-electron chi connectivity index (χ4n) is 1.95. The van der Waals surface area contributed by atoms with Crippen molar-refractivity contribution in [2.75, 3.05) is 0 Å². The molecule has 1 aliphatic rings. The van der Waals surface area contributed by atoms with Gasteiger partial charge in [-0.15, -0.1) is 0 Å².